The molecule has 0 aliphatic heterocycles. The van der Waals surface area contributed by atoms with Gasteiger partial charge in [-0.25, -0.2) is 0 Å². The van der Waals surface area contributed by atoms with E-state index in [1.165, 1.54) is 49.6 Å². The van der Waals surface area contributed by atoms with Crippen LogP contribution in [0.1, 0.15) is 45.4 Å². The number of aromatic nitrogens is 2. The Bertz CT molecular complexity index is 461. The van der Waals surface area contributed by atoms with Crippen molar-refractivity contribution in [3.05, 3.63) is 24.4 Å². The molecule has 1 aromatic carbocycles. The van der Waals surface area contributed by atoms with Crippen LogP contribution in [-0.2, 0) is 0 Å². The van der Waals surface area contributed by atoms with E-state index in [2.05, 4.69) is 40.6 Å². The van der Waals surface area contributed by atoms with Gasteiger partial charge < -0.3 is 5.32 Å². The molecule has 0 unspecified atom stereocenters. The summed E-state index contributed by atoms with van der Waals surface area (Å²) < 4.78 is 0. The van der Waals surface area contributed by atoms with Gasteiger partial charge in [0.2, 0.25) is 0 Å². The Kier molecular flexibility index (Phi) is 5.06. The fraction of sp³-hybridized carbons (Fsp3) is 0.533. The molecule has 0 spiro atoms. The molecular formula is C15H23N3. The number of fused-ring (bicyclic) bond motifs is 1. The van der Waals surface area contributed by atoms with Crippen molar-refractivity contribution in [2.45, 2.75) is 45.4 Å². The molecule has 0 radical (unpaired) electrons. The first-order valence-electron chi connectivity index (χ1n) is 7.07. The van der Waals surface area contributed by atoms with Crippen molar-refractivity contribution in [2.24, 2.45) is 0 Å². The van der Waals surface area contributed by atoms with Crippen molar-refractivity contribution in [2.75, 3.05) is 11.9 Å². The van der Waals surface area contributed by atoms with Crippen LogP contribution in [0.15, 0.2) is 24.4 Å². The molecule has 0 aliphatic carbocycles. The van der Waals surface area contributed by atoms with Gasteiger partial charge in [0.05, 0.1) is 11.7 Å². The highest BCUT2D eigenvalue weighted by atomic mass is 15.1. The van der Waals surface area contributed by atoms with E-state index in [1.54, 1.807) is 0 Å². The highest BCUT2D eigenvalue weighted by molar-refractivity contribution is 5.81. The third kappa shape index (κ3) is 3.76. The molecule has 0 aliphatic rings. The lowest BCUT2D eigenvalue weighted by Gasteiger charge is -2.06. The number of anilines is 1. The molecule has 1 aromatic heterocycles. The minimum Gasteiger partial charge on any atom is -0.385 e. The van der Waals surface area contributed by atoms with E-state index in [0.29, 0.717) is 0 Å². The number of aromatic amines is 1. The number of unbranched alkanes of at least 4 members (excludes halogenated alkanes) is 5. The molecule has 2 N–H and O–H groups in total. The summed E-state index contributed by atoms with van der Waals surface area (Å²) >= 11 is 0. The second-order valence-electron chi connectivity index (χ2n) is 4.87. The summed E-state index contributed by atoms with van der Waals surface area (Å²) in [5.74, 6) is 0. The predicted octanol–water partition coefficient (Wildman–Crippen LogP) is 4.34. The van der Waals surface area contributed by atoms with Gasteiger partial charge in [-0.2, -0.15) is 5.10 Å². The Morgan fingerprint density at radius 1 is 1.11 bits per heavy atom. The lowest BCUT2D eigenvalue weighted by atomic mass is 10.1. The molecule has 2 aromatic rings. The molecule has 1 heterocycles. The smallest absolute Gasteiger partial charge is 0.0670 e. The van der Waals surface area contributed by atoms with Gasteiger partial charge in [0, 0.05) is 17.6 Å². The van der Waals surface area contributed by atoms with Crippen molar-refractivity contribution in [1.29, 1.82) is 0 Å². The highest BCUT2D eigenvalue weighted by Gasteiger charge is 1.97. The Morgan fingerprint density at radius 2 is 1.94 bits per heavy atom. The van der Waals surface area contributed by atoms with Crippen molar-refractivity contribution < 1.29 is 0 Å². The van der Waals surface area contributed by atoms with Gasteiger partial charge in [0.15, 0.2) is 0 Å². The second-order valence-corrected chi connectivity index (χ2v) is 4.87. The Morgan fingerprint density at radius 3 is 2.83 bits per heavy atom. The van der Waals surface area contributed by atoms with Crippen molar-refractivity contribution >= 4 is 16.6 Å². The molecule has 98 valence electrons. The molecule has 0 atom stereocenters. The maximum atomic E-state index is 4.03. The molecular weight excluding hydrogens is 222 g/mol. The third-order valence-electron chi connectivity index (χ3n) is 3.30. The highest BCUT2D eigenvalue weighted by Crippen LogP contribution is 2.16. The quantitative estimate of drug-likeness (QED) is 0.679. The number of hydrogen-bond donors (Lipinski definition) is 2. The van der Waals surface area contributed by atoms with Gasteiger partial charge >= 0.3 is 0 Å². The van der Waals surface area contributed by atoms with Crippen LogP contribution in [0, 0.1) is 0 Å². The maximum Gasteiger partial charge on any atom is 0.0670 e. The van der Waals surface area contributed by atoms with Gasteiger partial charge in [0.1, 0.15) is 0 Å². The zero-order valence-corrected chi connectivity index (χ0v) is 11.2. The topological polar surface area (TPSA) is 40.7 Å². The predicted molar refractivity (Wildman–Crippen MR) is 78.0 cm³/mol. The fourth-order valence-corrected chi connectivity index (χ4v) is 2.19. The Labute approximate surface area is 109 Å². The van der Waals surface area contributed by atoms with E-state index in [1.807, 2.05) is 6.20 Å². The number of nitrogens with zero attached hydrogens (tertiary/aromatic N) is 1. The van der Waals surface area contributed by atoms with Gasteiger partial charge in [-0.3, -0.25) is 5.10 Å². The molecule has 2 rings (SSSR count). The second kappa shape index (κ2) is 7.04. The summed E-state index contributed by atoms with van der Waals surface area (Å²) in [5, 5.41) is 11.7. The van der Waals surface area contributed by atoms with Crippen molar-refractivity contribution in [3.8, 4) is 0 Å². The van der Waals surface area contributed by atoms with E-state index in [9.17, 15) is 0 Å². The summed E-state index contributed by atoms with van der Waals surface area (Å²) in [5.41, 5.74) is 2.28. The number of H-pyrrole nitrogens is 1. The van der Waals surface area contributed by atoms with E-state index < -0.39 is 0 Å². The number of benzene rings is 1. The first-order valence-corrected chi connectivity index (χ1v) is 7.07. The molecule has 18 heavy (non-hydrogen) atoms. The number of rotatable bonds is 8. The summed E-state index contributed by atoms with van der Waals surface area (Å²) in [6, 6.07) is 6.34. The first-order chi connectivity index (χ1) is 8.90. The van der Waals surface area contributed by atoms with Gasteiger partial charge in [-0.1, -0.05) is 39.0 Å². The summed E-state index contributed by atoms with van der Waals surface area (Å²) in [6.07, 6.45) is 9.90. The molecule has 3 nitrogen and oxygen atoms in total. The normalized spacial score (nSPS) is 10.9. The number of nitrogens with one attached hydrogen (secondary N) is 2. The Hall–Kier alpha value is -1.51. The molecule has 0 fully saturated rings. The van der Waals surface area contributed by atoms with Crippen LogP contribution in [-0.4, -0.2) is 16.7 Å². The monoisotopic (exact) mass is 245 g/mol. The lowest BCUT2D eigenvalue weighted by molar-refractivity contribution is 0.617. The fourth-order valence-electron chi connectivity index (χ4n) is 2.19. The minimum absolute atomic E-state index is 1.06. The molecule has 0 bridgehead atoms. The van der Waals surface area contributed by atoms with Crippen molar-refractivity contribution in [3.63, 3.8) is 0 Å². The average Bonchev–Trinajstić information content (AvgIpc) is 2.85. The summed E-state index contributed by atoms with van der Waals surface area (Å²) in [6.45, 7) is 3.32. The van der Waals surface area contributed by atoms with Crippen LogP contribution in [0.5, 0.6) is 0 Å². The number of hydrogen-bond acceptors (Lipinski definition) is 2. The standard InChI is InChI=1S/C15H23N3/c1-2-3-4-5-6-7-10-16-14-9-8-13-12-17-18-15(13)11-14/h8-9,11-12,16H,2-7,10H2,1H3,(H,17,18). The molecule has 0 amide bonds. The zero-order valence-electron chi connectivity index (χ0n) is 11.2. The van der Waals surface area contributed by atoms with E-state index in [-0.39, 0.29) is 0 Å². The van der Waals surface area contributed by atoms with Crippen LogP contribution in [0.3, 0.4) is 0 Å². The van der Waals surface area contributed by atoms with Crippen LogP contribution >= 0.6 is 0 Å². The van der Waals surface area contributed by atoms with Crippen LogP contribution in [0.2, 0.25) is 0 Å². The Balaban J connectivity index is 1.67. The van der Waals surface area contributed by atoms with E-state index in [0.717, 1.165) is 12.1 Å². The summed E-state index contributed by atoms with van der Waals surface area (Å²) in [4.78, 5) is 0. The molecule has 0 saturated carbocycles. The van der Waals surface area contributed by atoms with Gasteiger partial charge in [0.25, 0.3) is 0 Å². The lowest BCUT2D eigenvalue weighted by Crippen LogP contribution is -2.01. The SMILES string of the molecule is CCCCCCCCNc1ccc2cn[nH]c2c1. The first kappa shape index (κ1) is 12.9. The van der Waals surface area contributed by atoms with E-state index >= 15 is 0 Å². The average molecular weight is 245 g/mol. The minimum atomic E-state index is 1.06. The maximum absolute atomic E-state index is 4.03. The molecule has 0 saturated heterocycles. The van der Waals surface area contributed by atoms with Crippen LogP contribution in [0.4, 0.5) is 5.69 Å². The summed E-state index contributed by atoms with van der Waals surface area (Å²) in [7, 11) is 0. The molecule has 3 heteroatoms. The zero-order chi connectivity index (χ0) is 12.6. The largest absolute Gasteiger partial charge is 0.385 e. The van der Waals surface area contributed by atoms with Gasteiger partial charge in [-0.05, 0) is 24.6 Å². The van der Waals surface area contributed by atoms with Crippen LogP contribution < -0.4 is 5.32 Å². The van der Waals surface area contributed by atoms with Crippen molar-refractivity contribution in [1.82, 2.24) is 10.2 Å². The third-order valence-corrected chi connectivity index (χ3v) is 3.30. The van der Waals surface area contributed by atoms with Crippen LogP contribution in [0.25, 0.3) is 10.9 Å². The van der Waals surface area contributed by atoms with Gasteiger partial charge in [-0.15, -0.1) is 0 Å². The van der Waals surface area contributed by atoms with E-state index in [4.69, 9.17) is 0 Å².